The zero-order chi connectivity index (χ0) is 22.3. The van der Waals surface area contributed by atoms with Crippen LogP contribution in [0.4, 0.5) is 4.79 Å². The summed E-state index contributed by atoms with van der Waals surface area (Å²) < 4.78 is 10.1. The van der Waals surface area contributed by atoms with Crippen molar-refractivity contribution in [1.82, 2.24) is 10.3 Å². The van der Waals surface area contributed by atoms with Gasteiger partial charge < -0.3 is 14.8 Å². The van der Waals surface area contributed by atoms with Crippen LogP contribution in [-0.2, 0) is 9.47 Å². The lowest BCUT2D eigenvalue weighted by atomic mass is 9.98. The first kappa shape index (κ1) is 21.1. The molecule has 0 bridgehead atoms. The number of carbonyl (C=O) groups is 2. The second-order valence-electron chi connectivity index (χ2n) is 7.23. The van der Waals surface area contributed by atoms with Gasteiger partial charge in [0.1, 0.15) is 12.3 Å². The molecule has 0 unspecified atom stereocenters. The van der Waals surface area contributed by atoms with Crippen molar-refractivity contribution in [2.24, 2.45) is 0 Å². The Balaban J connectivity index is 1.25. The third-order valence-corrected chi connectivity index (χ3v) is 5.26. The lowest BCUT2D eigenvalue weighted by molar-refractivity contribution is 0.0600. The molecular weight excluding hydrogens is 404 g/mol. The Hall–Kier alpha value is -4.11. The quantitative estimate of drug-likeness (QED) is 0.377. The van der Waals surface area contributed by atoms with Gasteiger partial charge in [0.15, 0.2) is 0 Å². The Labute approximate surface area is 186 Å². The fraction of sp³-hybridized carbons (Fsp3) is 0.192. The van der Waals surface area contributed by atoms with Crippen molar-refractivity contribution in [3.8, 4) is 23.0 Å². The van der Waals surface area contributed by atoms with Crippen molar-refractivity contribution < 1.29 is 19.1 Å². The van der Waals surface area contributed by atoms with E-state index >= 15 is 0 Å². The van der Waals surface area contributed by atoms with Gasteiger partial charge in [-0.2, -0.15) is 0 Å². The van der Waals surface area contributed by atoms with E-state index in [4.69, 9.17) is 4.74 Å². The number of fused-ring (bicyclic) bond motifs is 3. The molecule has 1 aromatic heterocycles. The van der Waals surface area contributed by atoms with E-state index < -0.39 is 12.1 Å². The lowest BCUT2D eigenvalue weighted by Crippen LogP contribution is -2.26. The van der Waals surface area contributed by atoms with Gasteiger partial charge in [0.25, 0.3) is 0 Å². The molecule has 1 N–H and O–H groups in total. The normalized spacial score (nSPS) is 11.5. The number of amides is 1. The average molecular weight is 426 g/mol. The summed E-state index contributed by atoms with van der Waals surface area (Å²) in [4.78, 5) is 27.6. The van der Waals surface area contributed by atoms with Crippen molar-refractivity contribution in [3.63, 3.8) is 0 Å². The Kier molecular flexibility index (Phi) is 6.47. The molecule has 1 aliphatic rings. The number of alkyl carbamates (subject to hydrolysis) is 1. The van der Waals surface area contributed by atoms with Crippen molar-refractivity contribution in [1.29, 1.82) is 0 Å². The number of rotatable bonds is 5. The maximum Gasteiger partial charge on any atom is 0.407 e. The molecule has 160 valence electrons. The van der Waals surface area contributed by atoms with E-state index in [0.29, 0.717) is 24.2 Å². The topological polar surface area (TPSA) is 77.5 Å². The van der Waals surface area contributed by atoms with Gasteiger partial charge in [-0.1, -0.05) is 54.5 Å². The van der Waals surface area contributed by atoms with E-state index in [1.54, 1.807) is 12.1 Å². The molecule has 0 saturated heterocycles. The van der Waals surface area contributed by atoms with Gasteiger partial charge in [0.2, 0.25) is 0 Å². The Morgan fingerprint density at radius 2 is 1.69 bits per heavy atom. The number of hydrogen-bond acceptors (Lipinski definition) is 5. The number of benzene rings is 2. The molecule has 6 heteroatoms. The average Bonchev–Trinajstić information content (AvgIpc) is 3.16. The molecule has 3 aromatic rings. The highest BCUT2D eigenvalue weighted by Crippen LogP contribution is 2.44. The van der Waals surface area contributed by atoms with Crippen LogP contribution in [-0.4, -0.2) is 37.3 Å². The number of carbonyl (C=O) groups excluding carboxylic acids is 2. The first-order chi connectivity index (χ1) is 15.7. The highest BCUT2D eigenvalue weighted by molar-refractivity contribution is 5.88. The molecule has 2 aromatic carbocycles. The fourth-order valence-corrected chi connectivity index (χ4v) is 3.74. The Morgan fingerprint density at radius 3 is 2.31 bits per heavy atom. The molecule has 32 heavy (non-hydrogen) atoms. The maximum atomic E-state index is 12.1. The molecular formula is C26H22N2O4. The highest BCUT2D eigenvalue weighted by atomic mass is 16.5. The minimum Gasteiger partial charge on any atom is -0.465 e. The summed E-state index contributed by atoms with van der Waals surface area (Å²) in [7, 11) is 1.32. The van der Waals surface area contributed by atoms with Crippen LogP contribution in [0.15, 0.2) is 66.9 Å². The molecule has 0 saturated carbocycles. The zero-order valence-electron chi connectivity index (χ0n) is 17.6. The molecule has 4 rings (SSSR count). The van der Waals surface area contributed by atoms with E-state index in [2.05, 4.69) is 51.1 Å². The highest BCUT2D eigenvalue weighted by Gasteiger charge is 2.28. The van der Waals surface area contributed by atoms with Crippen molar-refractivity contribution >= 4 is 12.1 Å². The van der Waals surface area contributed by atoms with Crippen LogP contribution < -0.4 is 5.32 Å². The smallest absolute Gasteiger partial charge is 0.407 e. The number of methoxy groups -OCH3 is 1. The fourth-order valence-electron chi connectivity index (χ4n) is 3.74. The van der Waals surface area contributed by atoms with E-state index in [1.165, 1.54) is 35.6 Å². The van der Waals surface area contributed by atoms with Crippen LogP contribution in [0.2, 0.25) is 0 Å². The third-order valence-electron chi connectivity index (χ3n) is 5.26. The largest absolute Gasteiger partial charge is 0.465 e. The minimum atomic E-state index is -0.464. The van der Waals surface area contributed by atoms with Gasteiger partial charge in [-0.15, -0.1) is 0 Å². The standard InChI is InChI=1S/C26H22N2O4/c1-31-25(29)18-13-14-19(28-16-18)8-6-7-15-27-26(30)32-17-24-22-11-4-2-9-20(22)21-10-3-5-12-23(21)24/h2-5,9-14,16,24H,7,15,17H2,1H3,(H,27,30). The molecule has 1 amide bonds. The van der Waals surface area contributed by atoms with Crippen molar-refractivity contribution in [2.75, 3.05) is 20.3 Å². The summed E-state index contributed by atoms with van der Waals surface area (Å²) in [5.41, 5.74) is 5.66. The summed E-state index contributed by atoms with van der Waals surface area (Å²) >= 11 is 0. The van der Waals surface area contributed by atoms with Crippen LogP contribution in [0.5, 0.6) is 0 Å². The van der Waals surface area contributed by atoms with E-state index in [1.807, 2.05) is 24.3 Å². The lowest BCUT2D eigenvalue weighted by Gasteiger charge is -2.14. The molecule has 6 nitrogen and oxygen atoms in total. The zero-order valence-corrected chi connectivity index (χ0v) is 17.6. The maximum absolute atomic E-state index is 12.1. The third kappa shape index (κ3) is 4.62. The predicted octanol–water partition coefficient (Wildman–Crippen LogP) is 4.15. The Morgan fingerprint density at radius 1 is 1.00 bits per heavy atom. The Bertz CT molecular complexity index is 1150. The number of aromatic nitrogens is 1. The molecule has 0 radical (unpaired) electrons. The molecule has 1 aliphatic carbocycles. The number of nitrogens with one attached hydrogen (secondary N) is 1. The minimum absolute atomic E-state index is 0.0342. The van der Waals surface area contributed by atoms with Gasteiger partial charge in [-0.05, 0) is 40.3 Å². The van der Waals surface area contributed by atoms with Crippen LogP contribution >= 0.6 is 0 Å². The van der Waals surface area contributed by atoms with Gasteiger partial charge in [-0.3, -0.25) is 0 Å². The van der Waals surface area contributed by atoms with Crippen LogP contribution in [0.25, 0.3) is 11.1 Å². The van der Waals surface area contributed by atoms with Gasteiger partial charge >= 0.3 is 12.1 Å². The number of hydrogen-bond donors (Lipinski definition) is 1. The number of ether oxygens (including phenoxy) is 2. The first-order valence-corrected chi connectivity index (χ1v) is 10.3. The van der Waals surface area contributed by atoms with E-state index in [0.717, 1.165) is 0 Å². The summed E-state index contributed by atoms with van der Waals surface area (Å²) in [6.45, 7) is 0.645. The van der Waals surface area contributed by atoms with Crippen LogP contribution in [0.3, 0.4) is 0 Å². The monoisotopic (exact) mass is 426 g/mol. The first-order valence-electron chi connectivity index (χ1n) is 10.3. The number of nitrogens with zero attached hydrogens (tertiary/aromatic N) is 1. The molecule has 0 fully saturated rings. The van der Waals surface area contributed by atoms with Crippen molar-refractivity contribution in [3.05, 3.63) is 89.2 Å². The van der Waals surface area contributed by atoms with E-state index in [9.17, 15) is 9.59 Å². The van der Waals surface area contributed by atoms with Crippen LogP contribution in [0, 0.1) is 11.8 Å². The summed E-state index contributed by atoms with van der Waals surface area (Å²) in [5.74, 6) is 5.43. The summed E-state index contributed by atoms with van der Waals surface area (Å²) in [6, 6.07) is 19.7. The van der Waals surface area contributed by atoms with E-state index in [-0.39, 0.29) is 12.5 Å². The van der Waals surface area contributed by atoms with Crippen molar-refractivity contribution in [2.45, 2.75) is 12.3 Å². The molecule has 1 heterocycles. The molecule has 0 aliphatic heterocycles. The molecule has 0 spiro atoms. The summed E-state index contributed by atoms with van der Waals surface area (Å²) in [6.07, 6.45) is 1.41. The summed E-state index contributed by atoms with van der Waals surface area (Å²) in [5, 5.41) is 2.73. The second kappa shape index (κ2) is 9.80. The SMILES string of the molecule is COC(=O)c1ccc(C#CCCNC(=O)OCC2c3ccccc3-c3ccccc32)nc1. The molecule has 0 atom stereocenters. The number of esters is 1. The second-order valence-corrected chi connectivity index (χ2v) is 7.23. The van der Waals surface area contributed by atoms with Gasteiger partial charge in [0, 0.05) is 25.1 Å². The van der Waals surface area contributed by atoms with Gasteiger partial charge in [-0.25, -0.2) is 14.6 Å². The van der Waals surface area contributed by atoms with Crippen LogP contribution in [0.1, 0.15) is 39.5 Å². The predicted molar refractivity (Wildman–Crippen MR) is 120 cm³/mol. The van der Waals surface area contributed by atoms with Gasteiger partial charge in [0.05, 0.1) is 12.7 Å². The number of pyridine rings is 1.